The lowest BCUT2D eigenvalue weighted by molar-refractivity contribution is -0.137. The van der Waals surface area contributed by atoms with Crippen LogP contribution >= 0.6 is 15.9 Å². The molecule has 1 aromatic rings. The molecular weight excluding hydrogens is 330 g/mol. The Bertz CT molecular complexity index is 452. The van der Waals surface area contributed by atoms with E-state index in [9.17, 15) is 4.79 Å². The number of hydrogen-bond donors (Lipinski definition) is 1. The molecule has 1 atom stereocenters. The monoisotopic (exact) mass is 353 g/mol. The van der Waals surface area contributed by atoms with Crippen LogP contribution in [0.3, 0.4) is 0 Å². The van der Waals surface area contributed by atoms with E-state index in [2.05, 4.69) is 52.0 Å². The third-order valence-electron chi connectivity index (χ3n) is 4.50. The first-order valence-electron chi connectivity index (χ1n) is 7.81. The van der Waals surface area contributed by atoms with Gasteiger partial charge in [0, 0.05) is 16.9 Å². The number of nitrogens with zero attached hydrogens (tertiary/aromatic N) is 1. The normalized spacial score (nSPS) is 18.6. The van der Waals surface area contributed by atoms with Gasteiger partial charge in [0.15, 0.2) is 0 Å². The summed E-state index contributed by atoms with van der Waals surface area (Å²) in [6, 6.07) is 9.11. The van der Waals surface area contributed by atoms with E-state index in [1.54, 1.807) is 0 Å². The molecule has 1 aliphatic heterocycles. The number of likely N-dealkylation sites (tertiary alicyclic amines) is 1. The largest absolute Gasteiger partial charge is 0.481 e. The Morgan fingerprint density at radius 2 is 1.95 bits per heavy atom. The highest BCUT2D eigenvalue weighted by molar-refractivity contribution is 9.10. The average molecular weight is 354 g/mol. The highest BCUT2D eigenvalue weighted by atomic mass is 79.9. The first-order chi connectivity index (χ1) is 10.1. The highest BCUT2D eigenvalue weighted by Gasteiger charge is 2.25. The molecule has 4 heteroatoms. The van der Waals surface area contributed by atoms with E-state index in [1.807, 2.05) is 0 Å². The van der Waals surface area contributed by atoms with Gasteiger partial charge < -0.3 is 5.11 Å². The summed E-state index contributed by atoms with van der Waals surface area (Å²) in [7, 11) is 0. The number of hydrogen-bond acceptors (Lipinski definition) is 2. The molecule has 2 rings (SSSR count). The van der Waals surface area contributed by atoms with Crippen molar-refractivity contribution in [1.29, 1.82) is 0 Å². The molecule has 116 valence electrons. The van der Waals surface area contributed by atoms with Crippen molar-refractivity contribution in [3.8, 4) is 0 Å². The second kappa shape index (κ2) is 7.95. The molecule has 0 aromatic heterocycles. The summed E-state index contributed by atoms with van der Waals surface area (Å²) in [5, 5.41) is 8.78. The Morgan fingerprint density at radius 1 is 1.33 bits per heavy atom. The van der Waals surface area contributed by atoms with Gasteiger partial charge in [0.2, 0.25) is 0 Å². The molecule has 3 nitrogen and oxygen atoms in total. The lowest BCUT2D eigenvalue weighted by Crippen LogP contribution is -2.36. The van der Waals surface area contributed by atoms with Crippen molar-refractivity contribution in [3.63, 3.8) is 0 Å². The van der Waals surface area contributed by atoms with Gasteiger partial charge in [0.05, 0.1) is 0 Å². The van der Waals surface area contributed by atoms with E-state index in [4.69, 9.17) is 5.11 Å². The lowest BCUT2D eigenvalue weighted by Gasteiger charge is -2.37. The molecule has 0 saturated carbocycles. The number of halogens is 1. The second-order valence-corrected chi connectivity index (χ2v) is 6.80. The molecule has 0 amide bonds. The van der Waals surface area contributed by atoms with Crippen LogP contribution in [0.15, 0.2) is 28.7 Å². The molecule has 0 bridgehead atoms. The first kappa shape index (κ1) is 16.5. The van der Waals surface area contributed by atoms with Crippen LogP contribution in [0.2, 0.25) is 0 Å². The third kappa shape index (κ3) is 4.82. The molecule has 1 unspecified atom stereocenters. The summed E-state index contributed by atoms with van der Waals surface area (Å²) in [6.45, 7) is 4.40. The molecule has 0 aliphatic carbocycles. The van der Waals surface area contributed by atoms with Gasteiger partial charge in [-0.25, -0.2) is 0 Å². The predicted molar refractivity (Wildman–Crippen MR) is 88.3 cm³/mol. The smallest absolute Gasteiger partial charge is 0.303 e. The summed E-state index contributed by atoms with van der Waals surface area (Å²) in [4.78, 5) is 13.2. The minimum Gasteiger partial charge on any atom is -0.481 e. The Hall–Kier alpha value is -0.870. The van der Waals surface area contributed by atoms with Crippen molar-refractivity contribution < 1.29 is 9.90 Å². The van der Waals surface area contributed by atoms with Gasteiger partial charge in [0.25, 0.3) is 0 Å². The molecule has 0 radical (unpaired) electrons. The zero-order chi connectivity index (χ0) is 15.2. The molecule has 0 spiro atoms. The van der Waals surface area contributed by atoms with E-state index in [0.717, 1.165) is 43.2 Å². The molecule has 1 aliphatic rings. The number of rotatable bonds is 6. The third-order valence-corrected chi connectivity index (χ3v) is 5.03. The topological polar surface area (TPSA) is 40.5 Å². The maximum absolute atomic E-state index is 10.7. The molecular formula is C17H24BrNO2. The summed E-state index contributed by atoms with van der Waals surface area (Å²) in [5.41, 5.74) is 1.38. The SMILES string of the molecule is CCC(c1ccc(Br)cc1)N1CCC(CCC(=O)O)CC1. The van der Waals surface area contributed by atoms with Crippen LogP contribution in [0.5, 0.6) is 0 Å². The minimum absolute atomic E-state index is 0.314. The van der Waals surface area contributed by atoms with Crippen LogP contribution in [0, 0.1) is 5.92 Å². The van der Waals surface area contributed by atoms with Gasteiger partial charge in [-0.05, 0) is 62.4 Å². The van der Waals surface area contributed by atoms with Crippen LogP contribution in [0.1, 0.15) is 50.6 Å². The second-order valence-electron chi connectivity index (χ2n) is 5.89. The van der Waals surface area contributed by atoms with Gasteiger partial charge in [-0.15, -0.1) is 0 Å². The maximum Gasteiger partial charge on any atom is 0.303 e. The fraction of sp³-hybridized carbons (Fsp3) is 0.588. The number of carboxylic acid groups (broad SMARTS) is 1. The van der Waals surface area contributed by atoms with E-state index >= 15 is 0 Å². The summed E-state index contributed by atoms with van der Waals surface area (Å²) in [5.74, 6) is -0.0847. The number of aliphatic carboxylic acids is 1. The molecule has 1 saturated heterocycles. The Balaban J connectivity index is 1.90. The number of carboxylic acids is 1. The minimum atomic E-state index is -0.668. The highest BCUT2D eigenvalue weighted by Crippen LogP contribution is 2.31. The van der Waals surface area contributed by atoms with Crippen LogP contribution in [-0.4, -0.2) is 29.1 Å². The van der Waals surface area contributed by atoms with E-state index in [0.29, 0.717) is 18.4 Å². The number of benzene rings is 1. The van der Waals surface area contributed by atoms with Crippen LogP contribution < -0.4 is 0 Å². The molecule has 1 heterocycles. The standard InChI is InChI=1S/C17H24BrNO2/c1-2-16(14-4-6-15(18)7-5-14)19-11-9-13(10-12-19)3-8-17(20)21/h4-7,13,16H,2-3,8-12H2,1H3,(H,20,21). The lowest BCUT2D eigenvalue weighted by atomic mass is 9.90. The van der Waals surface area contributed by atoms with Crippen molar-refractivity contribution in [2.75, 3.05) is 13.1 Å². The van der Waals surface area contributed by atoms with Crippen molar-refractivity contribution in [3.05, 3.63) is 34.3 Å². The number of carbonyl (C=O) groups is 1. The fourth-order valence-corrected chi connectivity index (χ4v) is 3.53. The average Bonchev–Trinajstić information content (AvgIpc) is 2.49. The van der Waals surface area contributed by atoms with Crippen LogP contribution in [0.25, 0.3) is 0 Å². The summed E-state index contributed by atoms with van der Waals surface area (Å²) >= 11 is 3.49. The molecule has 1 fully saturated rings. The van der Waals surface area contributed by atoms with Gasteiger partial charge >= 0.3 is 5.97 Å². The summed E-state index contributed by atoms with van der Waals surface area (Å²) in [6.07, 6.45) is 4.51. The van der Waals surface area contributed by atoms with E-state index in [-0.39, 0.29) is 0 Å². The number of piperidine rings is 1. The van der Waals surface area contributed by atoms with Gasteiger partial charge in [-0.1, -0.05) is 35.0 Å². The quantitative estimate of drug-likeness (QED) is 0.819. The Morgan fingerprint density at radius 3 is 2.48 bits per heavy atom. The first-order valence-corrected chi connectivity index (χ1v) is 8.60. The van der Waals surface area contributed by atoms with Crippen molar-refractivity contribution >= 4 is 21.9 Å². The Kier molecular flexibility index (Phi) is 6.24. The van der Waals surface area contributed by atoms with Crippen LogP contribution in [0.4, 0.5) is 0 Å². The van der Waals surface area contributed by atoms with Gasteiger partial charge in [0.1, 0.15) is 0 Å². The van der Waals surface area contributed by atoms with E-state index in [1.165, 1.54) is 5.56 Å². The van der Waals surface area contributed by atoms with Gasteiger partial charge in [-0.2, -0.15) is 0 Å². The predicted octanol–water partition coefficient (Wildman–Crippen LogP) is 4.48. The maximum atomic E-state index is 10.7. The fourth-order valence-electron chi connectivity index (χ4n) is 3.27. The van der Waals surface area contributed by atoms with Gasteiger partial charge in [-0.3, -0.25) is 9.69 Å². The van der Waals surface area contributed by atoms with Crippen molar-refractivity contribution in [2.24, 2.45) is 5.92 Å². The van der Waals surface area contributed by atoms with Crippen LogP contribution in [-0.2, 0) is 4.79 Å². The van der Waals surface area contributed by atoms with Crippen molar-refractivity contribution in [1.82, 2.24) is 4.90 Å². The zero-order valence-corrected chi connectivity index (χ0v) is 14.2. The summed E-state index contributed by atoms with van der Waals surface area (Å²) < 4.78 is 1.12. The Labute approximate surface area is 135 Å². The van der Waals surface area contributed by atoms with Crippen molar-refractivity contribution in [2.45, 2.75) is 45.1 Å². The molecule has 1 N–H and O–H groups in total. The molecule has 21 heavy (non-hydrogen) atoms. The molecule has 1 aromatic carbocycles. The van der Waals surface area contributed by atoms with E-state index < -0.39 is 5.97 Å². The zero-order valence-electron chi connectivity index (χ0n) is 12.6.